The van der Waals surface area contributed by atoms with Crippen molar-refractivity contribution in [1.82, 2.24) is 4.57 Å². The highest BCUT2D eigenvalue weighted by molar-refractivity contribution is 6.23. The highest BCUT2D eigenvalue weighted by Crippen LogP contribution is 2.44. The van der Waals surface area contributed by atoms with E-state index in [9.17, 15) is 0 Å². The van der Waals surface area contributed by atoms with Crippen LogP contribution in [0.2, 0.25) is 0 Å². The summed E-state index contributed by atoms with van der Waals surface area (Å²) in [6.45, 7) is 0. The van der Waals surface area contributed by atoms with Crippen LogP contribution in [0.3, 0.4) is 0 Å². The van der Waals surface area contributed by atoms with Crippen LogP contribution < -0.4 is 4.90 Å². The zero-order valence-electron chi connectivity index (χ0n) is 28.0. The molecule has 0 unspecified atom stereocenters. The Morgan fingerprint density at radius 1 is 0.365 bits per heavy atom. The average molecular weight is 667 g/mol. The van der Waals surface area contributed by atoms with Crippen LogP contribution in [0.5, 0.6) is 0 Å². The van der Waals surface area contributed by atoms with Crippen molar-refractivity contribution in [2.75, 3.05) is 4.90 Å². The maximum Gasteiger partial charge on any atom is 0.159 e. The summed E-state index contributed by atoms with van der Waals surface area (Å²) in [6, 6.07) is 64.1. The summed E-state index contributed by atoms with van der Waals surface area (Å²) in [5.74, 6) is 0. The van der Waals surface area contributed by atoms with Gasteiger partial charge in [0.05, 0.1) is 22.1 Å². The average Bonchev–Trinajstić information content (AvgIpc) is 3.89. The van der Waals surface area contributed by atoms with Gasteiger partial charge in [-0.05, 0) is 83.9 Å². The third-order valence-corrected chi connectivity index (χ3v) is 10.4. The van der Waals surface area contributed by atoms with E-state index in [4.69, 9.17) is 8.83 Å². The van der Waals surface area contributed by atoms with E-state index in [0.717, 1.165) is 83.0 Å². The van der Waals surface area contributed by atoms with E-state index < -0.39 is 0 Å². The lowest BCUT2D eigenvalue weighted by Crippen LogP contribution is -2.10. The summed E-state index contributed by atoms with van der Waals surface area (Å²) < 4.78 is 15.5. The molecule has 4 nitrogen and oxygen atoms in total. The van der Waals surface area contributed by atoms with Crippen molar-refractivity contribution in [2.24, 2.45) is 0 Å². The van der Waals surface area contributed by atoms with Gasteiger partial charge >= 0.3 is 0 Å². The molecule has 3 heterocycles. The van der Waals surface area contributed by atoms with Gasteiger partial charge in [-0.1, -0.05) is 109 Å². The second-order valence-electron chi connectivity index (χ2n) is 13.3. The lowest BCUT2D eigenvalue weighted by atomic mass is 10.0. The van der Waals surface area contributed by atoms with Crippen molar-refractivity contribution < 1.29 is 8.83 Å². The number of nitrogens with zero attached hydrogens (tertiary/aromatic N) is 2. The van der Waals surface area contributed by atoms with Crippen LogP contribution in [0.15, 0.2) is 191 Å². The second-order valence-corrected chi connectivity index (χ2v) is 13.3. The summed E-state index contributed by atoms with van der Waals surface area (Å²) in [5, 5.41) is 6.77. The Kier molecular flexibility index (Phi) is 6.22. The first kappa shape index (κ1) is 28.8. The second kappa shape index (κ2) is 11.2. The fraction of sp³-hybridized carbons (Fsp3) is 0. The first-order chi connectivity index (χ1) is 25.8. The predicted octanol–water partition coefficient (Wildman–Crippen LogP) is 13.7. The Morgan fingerprint density at radius 3 is 1.65 bits per heavy atom. The third-order valence-electron chi connectivity index (χ3n) is 10.4. The highest BCUT2D eigenvalue weighted by Gasteiger charge is 2.21. The highest BCUT2D eigenvalue weighted by atomic mass is 16.3. The smallest absolute Gasteiger partial charge is 0.159 e. The number of furan rings is 2. The van der Waals surface area contributed by atoms with Crippen LogP contribution in [0.1, 0.15) is 0 Å². The minimum Gasteiger partial charge on any atom is -0.455 e. The van der Waals surface area contributed by atoms with Crippen molar-refractivity contribution in [3.8, 4) is 16.8 Å². The van der Waals surface area contributed by atoms with Gasteiger partial charge in [0.2, 0.25) is 0 Å². The normalized spacial score (nSPS) is 11.8. The maximum atomic E-state index is 6.58. The van der Waals surface area contributed by atoms with Crippen LogP contribution in [-0.4, -0.2) is 4.57 Å². The SMILES string of the molecule is c1ccc(-c2ccc(N(c3ccc(-n4c5ccccc5c5c6oc7ccccc7c6ccc54)cc3)c3cccc4c3oc3ccccc34)cc2)cc1. The molecule has 52 heavy (non-hydrogen) atoms. The van der Waals surface area contributed by atoms with E-state index in [2.05, 4.69) is 167 Å². The Hall–Kier alpha value is -7.04. The summed E-state index contributed by atoms with van der Waals surface area (Å²) >= 11 is 0. The quantitative estimate of drug-likeness (QED) is 0.183. The molecule has 11 aromatic rings. The lowest BCUT2D eigenvalue weighted by Gasteiger charge is -2.26. The van der Waals surface area contributed by atoms with E-state index in [-0.39, 0.29) is 0 Å². The minimum atomic E-state index is 0.858. The lowest BCUT2D eigenvalue weighted by molar-refractivity contribution is 0.669. The Labute approximate surface area is 299 Å². The summed E-state index contributed by atoms with van der Waals surface area (Å²) in [6.07, 6.45) is 0. The molecule has 244 valence electrons. The fourth-order valence-corrected chi connectivity index (χ4v) is 8.03. The van der Waals surface area contributed by atoms with Crippen LogP contribution >= 0.6 is 0 Å². The van der Waals surface area contributed by atoms with Crippen molar-refractivity contribution in [3.05, 3.63) is 182 Å². The van der Waals surface area contributed by atoms with Gasteiger partial charge in [0, 0.05) is 44.0 Å². The Bertz CT molecular complexity index is 3110. The summed E-state index contributed by atoms with van der Waals surface area (Å²) in [7, 11) is 0. The molecule has 0 fully saturated rings. The number of benzene rings is 8. The van der Waals surface area contributed by atoms with Crippen LogP contribution in [-0.2, 0) is 0 Å². The molecule has 0 N–H and O–H groups in total. The maximum absolute atomic E-state index is 6.58. The first-order valence-electron chi connectivity index (χ1n) is 17.6. The van der Waals surface area contributed by atoms with Crippen molar-refractivity contribution in [3.63, 3.8) is 0 Å². The van der Waals surface area contributed by atoms with E-state index in [1.54, 1.807) is 0 Å². The van der Waals surface area contributed by atoms with Gasteiger partial charge in [-0.15, -0.1) is 0 Å². The summed E-state index contributed by atoms with van der Waals surface area (Å²) in [5.41, 5.74) is 12.3. The zero-order chi connectivity index (χ0) is 34.2. The molecular weight excluding hydrogens is 637 g/mol. The molecule has 0 saturated carbocycles. The van der Waals surface area contributed by atoms with Crippen LogP contribution in [0.25, 0.3) is 82.5 Å². The predicted molar refractivity (Wildman–Crippen MR) is 215 cm³/mol. The van der Waals surface area contributed by atoms with Gasteiger partial charge < -0.3 is 18.3 Å². The molecule has 8 aromatic carbocycles. The number of rotatable bonds is 5. The zero-order valence-corrected chi connectivity index (χ0v) is 28.0. The van der Waals surface area contributed by atoms with Gasteiger partial charge in [0.15, 0.2) is 5.58 Å². The summed E-state index contributed by atoms with van der Waals surface area (Å²) in [4.78, 5) is 2.30. The van der Waals surface area contributed by atoms with E-state index in [0.29, 0.717) is 0 Å². The molecule has 0 saturated heterocycles. The third kappa shape index (κ3) is 4.28. The fourth-order valence-electron chi connectivity index (χ4n) is 8.03. The molecule has 0 aliphatic carbocycles. The van der Waals surface area contributed by atoms with Crippen molar-refractivity contribution in [1.29, 1.82) is 0 Å². The number of para-hydroxylation sites is 4. The number of aromatic nitrogens is 1. The Balaban J connectivity index is 1.09. The van der Waals surface area contributed by atoms with Crippen LogP contribution in [0.4, 0.5) is 17.1 Å². The molecule has 0 amide bonds. The number of fused-ring (bicyclic) bond motifs is 10. The number of anilines is 3. The van der Waals surface area contributed by atoms with Crippen molar-refractivity contribution >= 4 is 82.7 Å². The van der Waals surface area contributed by atoms with Crippen LogP contribution in [0, 0.1) is 0 Å². The largest absolute Gasteiger partial charge is 0.455 e. The van der Waals surface area contributed by atoms with E-state index >= 15 is 0 Å². The topological polar surface area (TPSA) is 34.5 Å². The molecule has 4 heteroatoms. The standard InChI is InChI=1S/C48H30N2O2/c1-2-11-31(12-3-1)32-21-23-33(24-22-32)49(43-18-10-16-38-36-13-5-8-19-44(36)51-47(38)43)34-25-27-35(28-26-34)50-41-17-7-4-15-40(41)46-42(50)30-29-39-37-14-6-9-20-45(37)52-48(39)46/h1-30H. The number of hydrogen-bond donors (Lipinski definition) is 0. The molecule has 11 rings (SSSR count). The first-order valence-corrected chi connectivity index (χ1v) is 17.6. The molecule has 0 bridgehead atoms. The monoisotopic (exact) mass is 666 g/mol. The molecule has 0 atom stereocenters. The number of hydrogen-bond acceptors (Lipinski definition) is 3. The van der Waals surface area contributed by atoms with Gasteiger partial charge in [-0.3, -0.25) is 0 Å². The van der Waals surface area contributed by atoms with E-state index in [1.165, 1.54) is 16.5 Å². The van der Waals surface area contributed by atoms with E-state index in [1.807, 2.05) is 24.3 Å². The van der Waals surface area contributed by atoms with Gasteiger partial charge in [-0.2, -0.15) is 0 Å². The van der Waals surface area contributed by atoms with Gasteiger partial charge in [0.1, 0.15) is 16.7 Å². The molecule has 3 aromatic heterocycles. The minimum absolute atomic E-state index is 0.858. The molecule has 0 radical (unpaired) electrons. The molecule has 0 aliphatic heterocycles. The van der Waals surface area contributed by atoms with Gasteiger partial charge in [0.25, 0.3) is 0 Å². The molecule has 0 spiro atoms. The Morgan fingerprint density at radius 2 is 0.923 bits per heavy atom. The molecular formula is C48H30N2O2. The molecule has 0 aliphatic rings. The van der Waals surface area contributed by atoms with Crippen molar-refractivity contribution in [2.45, 2.75) is 0 Å². The van der Waals surface area contributed by atoms with Gasteiger partial charge in [-0.25, -0.2) is 0 Å².